The van der Waals surface area contributed by atoms with Crippen LogP contribution in [-0.2, 0) is 11.3 Å². The number of carbonyl (C=O) groups excluding carboxylic acids is 1. The Labute approximate surface area is 144 Å². The van der Waals surface area contributed by atoms with E-state index in [1.165, 1.54) is 18.3 Å². The van der Waals surface area contributed by atoms with Crippen LogP contribution in [0.5, 0.6) is 0 Å². The lowest BCUT2D eigenvalue weighted by Gasteiger charge is -2.05. The first-order valence-electron chi connectivity index (χ1n) is 7.03. The quantitative estimate of drug-likeness (QED) is 0.554. The Morgan fingerprint density at radius 3 is 2.74 bits per heavy atom. The maximum atomic E-state index is 10.9. The third-order valence-electron chi connectivity index (χ3n) is 2.92. The molecule has 23 heavy (non-hydrogen) atoms. The van der Waals surface area contributed by atoms with E-state index in [1.54, 1.807) is 6.08 Å². The van der Waals surface area contributed by atoms with Crippen molar-refractivity contribution >= 4 is 39.7 Å². The van der Waals surface area contributed by atoms with Gasteiger partial charge in [-0.15, -0.1) is 17.9 Å². The van der Waals surface area contributed by atoms with Crippen LogP contribution in [0.25, 0.3) is 11.3 Å². The second-order valence-corrected chi connectivity index (χ2v) is 6.03. The average Bonchev–Trinajstić information content (AvgIpc) is 3.00. The molecule has 0 saturated carbocycles. The lowest BCUT2D eigenvalue weighted by Crippen LogP contribution is -2.28. The topological polar surface area (TPSA) is 66.1 Å². The van der Waals surface area contributed by atoms with Crippen LogP contribution in [0.3, 0.4) is 0 Å². The zero-order valence-corrected chi connectivity index (χ0v) is 14.4. The molecule has 3 N–H and O–H groups in total. The van der Waals surface area contributed by atoms with Crippen LogP contribution in [0, 0.1) is 0 Å². The second-order valence-electron chi connectivity index (χ2n) is 4.77. The van der Waals surface area contributed by atoms with Gasteiger partial charge in [0, 0.05) is 31.0 Å². The van der Waals surface area contributed by atoms with Crippen LogP contribution < -0.4 is 16.0 Å². The molecule has 0 bridgehead atoms. The minimum Gasteiger partial charge on any atom is -0.359 e. The maximum absolute atomic E-state index is 10.9. The van der Waals surface area contributed by atoms with Crippen molar-refractivity contribution in [1.82, 2.24) is 15.6 Å². The number of aromatic nitrogens is 1. The second kappa shape index (κ2) is 8.40. The monoisotopic (exact) mass is 346 g/mol. The fourth-order valence-corrected chi connectivity index (χ4v) is 2.76. The van der Waals surface area contributed by atoms with E-state index in [0.29, 0.717) is 18.2 Å². The van der Waals surface area contributed by atoms with E-state index < -0.39 is 0 Å². The number of thiazole rings is 1. The molecule has 5 nitrogen and oxygen atoms in total. The highest BCUT2D eigenvalue weighted by Gasteiger charge is 2.06. The van der Waals surface area contributed by atoms with Gasteiger partial charge < -0.3 is 16.0 Å². The minimum atomic E-state index is -0.0367. The predicted octanol–water partition coefficient (Wildman–Crippen LogP) is 2.92. The van der Waals surface area contributed by atoms with Gasteiger partial charge in [0.25, 0.3) is 0 Å². The van der Waals surface area contributed by atoms with Crippen molar-refractivity contribution in [2.24, 2.45) is 0 Å². The van der Waals surface area contributed by atoms with Crippen molar-refractivity contribution in [3.8, 4) is 11.3 Å². The largest absolute Gasteiger partial charge is 0.359 e. The fraction of sp³-hybridized carbons (Fsp3) is 0.188. The number of thiocarbonyl (C=S) groups is 1. The SMILES string of the molecule is C=CCNC(=S)Nc1nc(-c2ccc(CNC(C)=O)cc2)cs1. The third kappa shape index (κ3) is 5.46. The highest BCUT2D eigenvalue weighted by atomic mass is 32.1. The number of hydrogen-bond acceptors (Lipinski definition) is 4. The molecule has 1 amide bonds. The first-order valence-corrected chi connectivity index (χ1v) is 8.32. The predicted molar refractivity (Wildman–Crippen MR) is 99.5 cm³/mol. The molecule has 7 heteroatoms. The molecule has 2 rings (SSSR count). The van der Waals surface area contributed by atoms with Crippen LogP contribution >= 0.6 is 23.6 Å². The summed E-state index contributed by atoms with van der Waals surface area (Å²) in [6.45, 7) is 6.28. The zero-order chi connectivity index (χ0) is 16.7. The van der Waals surface area contributed by atoms with Gasteiger partial charge in [0.2, 0.25) is 5.91 Å². The van der Waals surface area contributed by atoms with Crippen molar-refractivity contribution in [1.29, 1.82) is 0 Å². The Bertz CT molecular complexity index is 694. The average molecular weight is 346 g/mol. The van der Waals surface area contributed by atoms with E-state index in [4.69, 9.17) is 12.2 Å². The molecule has 0 aliphatic carbocycles. The maximum Gasteiger partial charge on any atom is 0.217 e. The molecule has 1 aromatic carbocycles. The van der Waals surface area contributed by atoms with Crippen LogP contribution in [0.1, 0.15) is 12.5 Å². The lowest BCUT2D eigenvalue weighted by molar-refractivity contribution is -0.119. The van der Waals surface area contributed by atoms with E-state index in [-0.39, 0.29) is 5.91 Å². The Hall–Kier alpha value is -2.25. The molecular formula is C16H18N4OS2. The minimum absolute atomic E-state index is 0.0367. The molecule has 0 atom stereocenters. The van der Waals surface area contributed by atoms with E-state index in [1.807, 2.05) is 29.6 Å². The summed E-state index contributed by atoms with van der Waals surface area (Å²) in [5.41, 5.74) is 2.95. The molecule has 0 aliphatic rings. The lowest BCUT2D eigenvalue weighted by atomic mass is 10.1. The van der Waals surface area contributed by atoms with Gasteiger partial charge in [-0.2, -0.15) is 0 Å². The molecule has 0 unspecified atom stereocenters. The number of nitrogens with zero attached hydrogens (tertiary/aromatic N) is 1. The summed E-state index contributed by atoms with van der Waals surface area (Å²) < 4.78 is 0. The van der Waals surface area contributed by atoms with Gasteiger partial charge >= 0.3 is 0 Å². The highest BCUT2D eigenvalue weighted by molar-refractivity contribution is 7.80. The van der Waals surface area contributed by atoms with Crippen molar-refractivity contribution in [2.75, 3.05) is 11.9 Å². The van der Waals surface area contributed by atoms with Crippen molar-refractivity contribution < 1.29 is 4.79 Å². The molecule has 0 radical (unpaired) electrons. The third-order valence-corrected chi connectivity index (χ3v) is 3.93. The fourth-order valence-electron chi connectivity index (χ4n) is 1.79. The Morgan fingerprint density at radius 1 is 1.35 bits per heavy atom. The van der Waals surface area contributed by atoms with Crippen LogP contribution in [0.2, 0.25) is 0 Å². The first-order chi connectivity index (χ1) is 11.1. The van der Waals surface area contributed by atoms with Gasteiger partial charge in [0.05, 0.1) is 5.69 Å². The van der Waals surface area contributed by atoms with Gasteiger partial charge in [-0.25, -0.2) is 4.98 Å². The first kappa shape index (κ1) is 17.1. The molecule has 1 aromatic heterocycles. The summed E-state index contributed by atoms with van der Waals surface area (Å²) in [6.07, 6.45) is 1.74. The Balaban J connectivity index is 1.98. The Morgan fingerprint density at radius 2 is 2.09 bits per heavy atom. The molecular weight excluding hydrogens is 328 g/mol. The summed E-state index contributed by atoms with van der Waals surface area (Å²) in [5.74, 6) is -0.0367. The molecule has 1 heterocycles. The Kier molecular flexibility index (Phi) is 6.25. The number of rotatable bonds is 6. The summed E-state index contributed by atoms with van der Waals surface area (Å²) in [5, 5.41) is 12.0. The van der Waals surface area contributed by atoms with Crippen molar-refractivity contribution in [2.45, 2.75) is 13.5 Å². The molecule has 120 valence electrons. The molecule has 0 aliphatic heterocycles. The van der Waals surface area contributed by atoms with Crippen LogP contribution in [0.15, 0.2) is 42.3 Å². The smallest absolute Gasteiger partial charge is 0.217 e. The number of carbonyl (C=O) groups is 1. The van der Waals surface area contributed by atoms with Gasteiger partial charge in [0.1, 0.15) is 0 Å². The number of anilines is 1. The summed E-state index contributed by atoms with van der Waals surface area (Å²) in [7, 11) is 0. The van der Waals surface area contributed by atoms with Gasteiger partial charge in [0.15, 0.2) is 10.2 Å². The number of amides is 1. The highest BCUT2D eigenvalue weighted by Crippen LogP contribution is 2.25. The molecule has 0 spiro atoms. The van der Waals surface area contributed by atoms with Crippen molar-refractivity contribution in [3.63, 3.8) is 0 Å². The van der Waals surface area contributed by atoms with E-state index >= 15 is 0 Å². The summed E-state index contributed by atoms with van der Waals surface area (Å²) in [4.78, 5) is 15.4. The molecule has 2 aromatic rings. The van der Waals surface area contributed by atoms with Gasteiger partial charge in [-0.05, 0) is 17.8 Å². The number of hydrogen-bond donors (Lipinski definition) is 3. The van der Waals surface area contributed by atoms with Gasteiger partial charge in [-0.3, -0.25) is 4.79 Å². The number of nitrogens with one attached hydrogen (secondary N) is 3. The van der Waals surface area contributed by atoms with E-state index in [2.05, 4.69) is 27.5 Å². The number of benzene rings is 1. The van der Waals surface area contributed by atoms with Crippen molar-refractivity contribution in [3.05, 3.63) is 47.9 Å². The molecule has 0 saturated heterocycles. The van der Waals surface area contributed by atoms with E-state index in [0.717, 1.165) is 22.0 Å². The van der Waals surface area contributed by atoms with E-state index in [9.17, 15) is 4.79 Å². The van der Waals surface area contributed by atoms with Gasteiger partial charge in [-0.1, -0.05) is 30.3 Å². The zero-order valence-electron chi connectivity index (χ0n) is 12.8. The van der Waals surface area contributed by atoms with Crippen LogP contribution in [0.4, 0.5) is 5.13 Å². The standard InChI is InChI=1S/C16H18N4OS2/c1-3-8-17-15(22)20-16-19-14(10-23-16)13-6-4-12(5-7-13)9-18-11(2)21/h3-7,10H,1,8-9H2,2H3,(H,18,21)(H2,17,19,20,22). The summed E-state index contributed by atoms with van der Waals surface area (Å²) >= 11 is 6.65. The summed E-state index contributed by atoms with van der Waals surface area (Å²) in [6, 6.07) is 7.94. The van der Waals surface area contributed by atoms with Crippen LogP contribution in [-0.4, -0.2) is 22.5 Å². The molecule has 0 fully saturated rings. The normalized spacial score (nSPS) is 9.96.